The molecule has 2 aliphatic heterocycles. The Morgan fingerprint density at radius 2 is 1.90 bits per heavy atom. The van der Waals surface area contributed by atoms with Gasteiger partial charge in [-0.3, -0.25) is 14.4 Å². The van der Waals surface area contributed by atoms with Crippen molar-refractivity contribution in [1.29, 1.82) is 0 Å². The number of hydrogen-bond donors (Lipinski definition) is 1. The predicted molar refractivity (Wildman–Crippen MR) is 116 cm³/mol. The summed E-state index contributed by atoms with van der Waals surface area (Å²) < 4.78 is 3.07. The Kier molecular flexibility index (Phi) is 4.70. The van der Waals surface area contributed by atoms with E-state index in [2.05, 4.69) is 18.2 Å². The van der Waals surface area contributed by atoms with Gasteiger partial charge in [-0.25, -0.2) is 0 Å². The van der Waals surface area contributed by atoms with Gasteiger partial charge in [0.25, 0.3) is 5.56 Å². The standard InChI is InChI=1S/C23H22N2O4S/c26-21(7-8-22(27)28)24-11-14-9-16(13-24)18-6-5-17(23(29)25(18)12-14)20-10-15-3-1-2-4-19(15)30-20/h1-6,10,14,16H,7-9,11-13H2,(H,27,28)/t14-,16+/m0/s1. The summed E-state index contributed by atoms with van der Waals surface area (Å²) in [6.45, 7) is 1.75. The summed E-state index contributed by atoms with van der Waals surface area (Å²) in [7, 11) is 0. The molecule has 4 heterocycles. The molecule has 2 atom stereocenters. The van der Waals surface area contributed by atoms with E-state index in [1.165, 1.54) is 4.70 Å². The van der Waals surface area contributed by atoms with Crippen LogP contribution in [0.25, 0.3) is 20.5 Å². The van der Waals surface area contributed by atoms with Crippen LogP contribution in [0.4, 0.5) is 0 Å². The number of nitrogens with zero attached hydrogens (tertiary/aromatic N) is 2. The molecular weight excluding hydrogens is 400 g/mol. The number of carboxylic acid groups (broad SMARTS) is 1. The van der Waals surface area contributed by atoms with E-state index < -0.39 is 5.97 Å². The Bertz CT molecular complexity index is 1180. The van der Waals surface area contributed by atoms with Gasteiger partial charge in [-0.2, -0.15) is 0 Å². The second-order valence-corrected chi connectivity index (χ2v) is 9.31. The maximum atomic E-state index is 13.3. The van der Waals surface area contributed by atoms with E-state index in [9.17, 15) is 14.4 Å². The van der Waals surface area contributed by atoms with E-state index in [0.717, 1.165) is 27.9 Å². The molecule has 2 aromatic heterocycles. The molecule has 5 rings (SSSR count). The van der Waals surface area contributed by atoms with Crippen LogP contribution in [0.2, 0.25) is 0 Å². The molecule has 30 heavy (non-hydrogen) atoms. The summed E-state index contributed by atoms with van der Waals surface area (Å²) in [5, 5.41) is 9.99. The van der Waals surface area contributed by atoms with Gasteiger partial charge in [0.2, 0.25) is 5.91 Å². The Balaban J connectivity index is 1.44. The Labute approximate surface area is 177 Å². The van der Waals surface area contributed by atoms with Gasteiger partial charge in [0.1, 0.15) is 0 Å². The number of rotatable bonds is 4. The maximum absolute atomic E-state index is 13.3. The number of piperidine rings is 1. The highest BCUT2D eigenvalue weighted by molar-refractivity contribution is 7.22. The van der Waals surface area contributed by atoms with Crippen molar-refractivity contribution in [3.8, 4) is 10.4 Å². The van der Waals surface area contributed by atoms with Gasteiger partial charge in [-0.05, 0) is 42.0 Å². The summed E-state index contributed by atoms with van der Waals surface area (Å²) in [5.74, 6) is -0.716. The molecule has 3 aromatic rings. The minimum atomic E-state index is -0.953. The topological polar surface area (TPSA) is 79.6 Å². The lowest BCUT2D eigenvalue weighted by Gasteiger charge is -2.43. The lowest BCUT2D eigenvalue weighted by atomic mass is 9.82. The number of amides is 1. The summed E-state index contributed by atoms with van der Waals surface area (Å²) in [6.07, 6.45) is 0.857. The predicted octanol–water partition coefficient (Wildman–Crippen LogP) is 3.54. The largest absolute Gasteiger partial charge is 0.481 e. The lowest BCUT2D eigenvalue weighted by Crippen LogP contribution is -2.49. The molecule has 1 aromatic carbocycles. The van der Waals surface area contributed by atoms with Gasteiger partial charge >= 0.3 is 5.97 Å². The normalized spacial score (nSPS) is 20.2. The number of thiophene rings is 1. The number of likely N-dealkylation sites (tertiary alicyclic amines) is 1. The Morgan fingerprint density at radius 3 is 2.70 bits per heavy atom. The zero-order valence-corrected chi connectivity index (χ0v) is 17.2. The quantitative estimate of drug-likeness (QED) is 0.697. The summed E-state index contributed by atoms with van der Waals surface area (Å²) in [4.78, 5) is 39.3. The van der Waals surface area contributed by atoms with Crippen molar-refractivity contribution in [1.82, 2.24) is 9.47 Å². The van der Waals surface area contributed by atoms with Crippen LogP contribution in [0.1, 0.15) is 30.9 Å². The van der Waals surface area contributed by atoms with Crippen LogP contribution < -0.4 is 5.56 Å². The van der Waals surface area contributed by atoms with Gasteiger partial charge in [-0.1, -0.05) is 18.2 Å². The SMILES string of the molecule is O=C(O)CCC(=O)N1C[C@@H]2C[C@H](C1)c1ccc(-c3cc4ccccc4s3)c(=O)n1C2. The zero-order chi connectivity index (χ0) is 20.8. The van der Waals surface area contributed by atoms with E-state index in [4.69, 9.17) is 5.11 Å². The first kappa shape index (κ1) is 19.1. The van der Waals surface area contributed by atoms with E-state index in [-0.39, 0.29) is 36.1 Å². The highest BCUT2D eigenvalue weighted by Gasteiger charge is 2.36. The smallest absolute Gasteiger partial charge is 0.303 e. The van der Waals surface area contributed by atoms with E-state index >= 15 is 0 Å². The highest BCUT2D eigenvalue weighted by Crippen LogP contribution is 2.37. The minimum absolute atomic E-state index is 0.0342. The van der Waals surface area contributed by atoms with Gasteiger partial charge in [0.05, 0.1) is 12.0 Å². The van der Waals surface area contributed by atoms with Crippen molar-refractivity contribution in [2.24, 2.45) is 5.92 Å². The second kappa shape index (κ2) is 7.40. The monoisotopic (exact) mass is 422 g/mol. The first-order valence-corrected chi connectivity index (χ1v) is 11.0. The molecule has 1 N–H and O–H groups in total. The van der Waals surface area contributed by atoms with E-state index in [1.54, 1.807) is 16.2 Å². The number of hydrogen-bond acceptors (Lipinski definition) is 4. The average Bonchev–Trinajstić information content (AvgIpc) is 3.16. The fraction of sp³-hybridized carbons (Fsp3) is 0.348. The molecule has 154 valence electrons. The van der Waals surface area contributed by atoms with Gasteiger partial charge < -0.3 is 14.6 Å². The molecular formula is C23H22N2O4S. The summed E-state index contributed by atoms with van der Waals surface area (Å²) in [5.41, 5.74) is 1.76. The molecule has 1 fully saturated rings. The van der Waals surface area contributed by atoms with Crippen molar-refractivity contribution < 1.29 is 14.7 Å². The zero-order valence-electron chi connectivity index (χ0n) is 16.4. The molecule has 0 unspecified atom stereocenters. The molecule has 1 saturated heterocycles. The molecule has 2 bridgehead atoms. The van der Waals surface area contributed by atoms with Crippen LogP contribution in [0.5, 0.6) is 0 Å². The van der Waals surface area contributed by atoms with Crippen molar-refractivity contribution in [3.63, 3.8) is 0 Å². The average molecular weight is 423 g/mol. The van der Waals surface area contributed by atoms with Gasteiger partial charge in [0, 0.05) is 47.2 Å². The third kappa shape index (κ3) is 3.33. The van der Waals surface area contributed by atoms with Crippen molar-refractivity contribution in [2.45, 2.75) is 31.7 Å². The first-order valence-electron chi connectivity index (χ1n) is 10.2. The highest BCUT2D eigenvalue weighted by atomic mass is 32.1. The molecule has 0 saturated carbocycles. The molecule has 0 radical (unpaired) electrons. The number of carboxylic acids is 1. The third-order valence-electron chi connectivity index (χ3n) is 6.20. The van der Waals surface area contributed by atoms with E-state index in [1.807, 2.05) is 28.8 Å². The lowest BCUT2D eigenvalue weighted by molar-refractivity contribution is -0.141. The number of carbonyl (C=O) groups excluding carboxylic acids is 1. The fourth-order valence-corrected chi connectivity index (χ4v) is 5.90. The number of benzene rings is 1. The van der Waals surface area contributed by atoms with Crippen molar-refractivity contribution in [3.05, 3.63) is 58.5 Å². The Hall–Kier alpha value is -2.93. The fourth-order valence-electron chi connectivity index (χ4n) is 4.82. The third-order valence-corrected chi connectivity index (χ3v) is 7.35. The molecule has 6 nitrogen and oxygen atoms in total. The number of fused-ring (bicyclic) bond motifs is 5. The molecule has 1 amide bonds. The number of aliphatic carboxylic acids is 1. The van der Waals surface area contributed by atoms with E-state index in [0.29, 0.717) is 19.6 Å². The molecule has 0 spiro atoms. The minimum Gasteiger partial charge on any atom is -0.481 e. The molecule has 7 heteroatoms. The summed E-state index contributed by atoms with van der Waals surface area (Å²) >= 11 is 1.63. The van der Waals surface area contributed by atoms with Crippen LogP contribution in [-0.4, -0.2) is 39.5 Å². The van der Waals surface area contributed by atoms with Crippen LogP contribution in [-0.2, 0) is 16.1 Å². The van der Waals surface area contributed by atoms with Crippen molar-refractivity contribution in [2.75, 3.05) is 13.1 Å². The number of aromatic nitrogens is 1. The van der Waals surface area contributed by atoms with Crippen LogP contribution in [0.15, 0.2) is 47.3 Å². The molecule has 2 aliphatic rings. The van der Waals surface area contributed by atoms with Gasteiger partial charge in [-0.15, -0.1) is 11.3 Å². The van der Waals surface area contributed by atoms with Gasteiger partial charge in [0.15, 0.2) is 0 Å². The van der Waals surface area contributed by atoms with Crippen LogP contribution in [0, 0.1) is 5.92 Å². The van der Waals surface area contributed by atoms with Crippen LogP contribution >= 0.6 is 11.3 Å². The summed E-state index contributed by atoms with van der Waals surface area (Å²) in [6, 6.07) is 14.2. The number of pyridine rings is 1. The Morgan fingerprint density at radius 1 is 1.07 bits per heavy atom. The van der Waals surface area contributed by atoms with Crippen LogP contribution in [0.3, 0.4) is 0 Å². The number of carbonyl (C=O) groups is 2. The maximum Gasteiger partial charge on any atom is 0.303 e. The molecule has 0 aliphatic carbocycles. The first-order chi connectivity index (χ1) is 14.5. The van der Waals surface area contributed by atoms with Crippen molar-refractivity contribution >= 4 is 33.3 Å². The second-order valence-electron chi connectivity index (χ2n) is 8.23.